The van der Waals surface area contributed by atoms with E-state index < -0.39 is 12.2 Å². The molecule has 0 fully saturated rings. The van der Waals surface area contributed by atoms with Gasteiger partial charge in [0.1, 0.15) is 12.2 Å². The molecular weight excluding hydrogens is 370 g/mol. The lowest BCUT2D eigenvalue weighted by Crippen LogP contribution is -2.36. The lowest BCUT2D eigenvalue weighted by atomic mass is 10.1. The summed E-state index contributed by atoms with van der Waals surface area (Å²) in [5.74, 6) is 0.833. The number of pyridine rings is 1. The van der Waals surface area contributed by atoms with Crippen molar-refractivity contribution in [3.63, 3.8) is 0 Å². The molecule has 3 rings (SSSR count). The van der Waals surface area contributed by atoms with Gasteiger partial charge in [-0.3, -0.25) is 9.36 Å². The lowest BCUT2D eigenvalue weighted by Gasteiger charge is -2.21. The number of aliphatic hydroxyl groups excluding tert-OH is 1. The first-order valence-corrected chi connectivity index (χ1v) is 9.27. The first-order chi connectivity index (χ1) is 13.8. The predicted octanol–water partition coefficient (Wildman–Crippen LogP) is 2.94. The van der Waals surface area contributed by atoms with Crippen LogP contribution in [0.15, 0.2) is 65.6 Å². The largest absolute Gasteiger partial charge is 0.493 e. The van der Waals surface area contributed by atoms with Crippen LogP contribution < -0.4 is 15.0 Å². The van der Waals surface area contributed by atoms with E-state index in [9.17, 15) is 9.90 Å². The topological polar surface area (TPSA) is 80.9 Å². The molecule has 0 saturated heterocycles. The van der Waals surface area contributed by atoms with Gasteiger partial charge in [-0.2, -0.15) is 0 Å². The number of methoxy groups -OCH3 is 1. The van der Waals surface area contributed by atoms with Crippen LogP contribution in [0.1, 0.15) is 12.5 Å². The molecule has 3 aromatic rings. The third-order valence-corrected chi connectivity index (χ3v) is 4.61. The Labute approximate surface area is 169 Å². The minimum atomic E-state index is -1.35. The molecule has 2 aromatic carbocycles. The Bertz CT molecular complexity index is 1040. The van der Waals surface area contributed by atoms with E-state index in [4.69, 9.17) is 14.6 Å². The number of ether oxygens (including phenoxy) is 2. The quantitative estimate of drug-likeness (QED) is 0.643. The summed E-state index contributed by atoms with van der Waals surface area (Å²) in [4.78, 5) is 12.7. The van der Waals surface area contributed by atoms with E-state index in [0.29, 0.717) is 17.2 Å². The number of aryl methyl sites for hydroxylation is 1. The average molecular weight is 395 g/mol. The molecule has 0 amide bonds. The van der Waals surface area contributed by atoms with Crippen molar-refractivity contribution in [1.82, 2.24) is 4.57 Å². The molecule has 1 atom stereocenters. The van der Waals surface area contributed by atoms with Crippen molar-refractivity contribution in [2.24, 2.45) is 0 Å². The van der Waals surface area contributed by atoms with E-state index in [1.54, 1.807) is 30.5 Å². The second-order valence-corrected chi connectivity index (χ2v) is 7.27. The van der Waals surface area contributed by atoms with Crippen molar-refractivity contribution >= 4 is 0 Å². The fraction of sp³-hybridized carbons (Fsp3) is 0.261. The van der Waals surface area contributed by atoms with Gasteiger partial charge in [0.25, 0.3) is 5.56 Å². The summed E-state index contributed by atoms with van der Waals surface area (Å²) in [5.41, 5.74) is 2.11. The second-order valence-electron chi connectivity index (χ2n) is 7.27. The standard InChI is InChI=1S/C23H25NO5/c1-16-4-6-17(7-5-16)18-10-11-24(22(26)12-18)19-8-9-20(21(13-19)28-3)29-15-23(2,27)14-25/h4-13,25,27H,14-15H2,1-3H3. The monoisotopic (exact) mass is 395 g/mol. The smallest absolute Gasteiger partial charge is 0.255 e. The van der Waals surface area contributed by atoms with Crippen LogP contribution in [-0.4, -0.2) is 40.7 Å². The summed E-state index contributed by atoms with van der Waals surface area (Å²) in [6.07, 6.45) is 1.73. The Morgan fingerprint density at radius 2 is 1.72 bits per heavy atom. The van der Waals surface area contributed by atoms with Gasteiger partial charge in [-0.1, -0.05) is 29.8 Å². The zero-order valence-electron chi connectivity index (χ0n) is 16.8. The molecule has 0 saturated carbocycles. The number of rotatable bonds is 7. The fourth-order valence-electron chi connectivity index (χ4n) is 2.82. The molecule has 6 nitrogen and oxygen atoms in total. The number of aromatic nitrogens is 1. The van der Waals surface area contributed by atoms with Crippen LogP contribution in [0.5, 0.6) is 11.5 Å². The molecule has 1 heterocycles. The van der Waals surface area contributed by atoms with Crippen molar-refractivity contribution in [1.29, 1.82) is 0 Å². The maximum atomic E-state index is 12.7. The van der Waals surface area contributed by atoms with Crippen LogP contribution in [0, 0.1) is 6.92 Å². The highest BCUT2D eigenvalue weighted by molar-refractivity contribution is 5.63. The highest BCUT2D eigenvalue weighted by Gasteiger charge is 2.21. The number of hydrogen-bond donors (Lipinski definition) is 2. The van der Waals surface area contributed by atoms with Crippen LogP contribution in [0.4, 0.5) is 0 Å². The first-order valence-electron chi connectivity index (χ1n) is 9.27. The van der Waals surface area contributed by atoms with E-state index >= 15 is 0 Å². The van der Waals surface area contributed by atoms with Gasteiger partial charge in [0.2, 0.25) is 0 Å². The third-order valence-electron chi connectivity index (χ3n) is 4.61. The highest BCUT2D eigenvalue weighted by Crippen LogP contribution is 2.30. The van der Waals surface area contributed by atoms with E-state index in [1.165, 1.54) is 18.6 Å². The van der Waals surface area contributed by atoms with Gasteiger partial charge in [0.15, 0.2) is 11.5 Å². The van der Waals surface area contributed by atoms with Gasteiger partial charge in [0.05, 0.1) is 19.4 Å². The fourth-order valence-corrected chi connectivity index (χ4v) is 2.82. The number of hydrogen-bond acceptors (Lipinski definition) is 5. The molecule has 29 heavy (non-hydrogen) atoms. The van der Waals surface area contributed by atoms with E-state index in [2.05, 4.69) is 0 Å². The van der Waals surface area contributed by atoms with Gasteiger partial charge in [0, 0.05) is 18.3 Å². The number of benzene rings is 2. The van der Waals surface area contributed by atoms with Crippen LogP contribution in [0.3, 0.4) is 0 Å². The van der Waals surface area contributed by atoms with Crippen molar-refractivity contribution in [3.8, 4) is 28.3 Å². The summed E-state index contributed by atoms with van der Waals surface area (Å²) in [7, 11) is 1.50. The molecule has 0 bridgehead atoms. The van der Waals surface area contributed by atoms with Gasteiger partial charge in [-0.25, -0.2) is 0 Å². The van der Waals surface area contributed by atoms with Crippen LogP contribution in [0.2, 0.25) is 0 Å². The molecule has 0 radical (unpaired) electrons. The Morgan fingerprint density at radius 1 is 1.00 bits per heavy atom. The molecule has 2 N–H and O–H groups in total. The zero-order valence-corrected chi connectivity index (χ0v) is 16.8. The second kappa shape index (κ2) is 8.51. The van der Waals surface area contributed by atoms with Crippen molar-refractivity contribution in [3.05, 3.63) is 76.7 Å². The molecule has 0 aliphatic heterocycles. The minimum absolute atomic E-state index is 0.0929. The van der Waals surface area contributed by atoms with E-state index in [1.807, 2.05) is 37.3 Å². The maximum Gasteiger partial charge on any atom is 0.255 e. The normalized spacial score (nSPS) is 13.0. The predicted molar refractivity (Wildman–Crippen MR) is 112 cm³/mol. The van der Waals surface area contributed by atoms with Gasteiger partial charge in [-0.15, -0.1) is 0 Å². The Hall–Kier alpha value is -3.09. The van der Waals surface area contributed by atoms with Crippen molar-refractivity contribution in [2.75, 3.05) is 20.3 Å². The van der Waals surface area contributed by atoms with Gasteiger partial charge in [-0.05, 0) is 43.2 Å². The highest BCUT2D eigenvalue weighted by atomic mass is 16.5. The molecule has 0 aliphatic carbocycles. The summed E-state index contributed by atoms with van der Waals surface area (Å²) in [5, 5.41) is 19.0. The SMILES string of the molecule is COc1cc(-n2ccc(-c3ccc(C)cc3)cc2=O)ccc1OCC(C)(O)CO. The van der Waals surface area contributed by atoms with Crippen molar-refractivity contribution in [2.45, 2.75) is 19.4 Å². The molecule has 1 unspecified atom stereocenters. The summed E-state index contributed by atoms with van der Waals surface area (Å²) in [6, 6.07) is 16.6. The molecule has 6 heteroatoms. The zero-order chi connectivity index (χ0) is 21.0. The average Bonchev–Trinajstić information content (AvgIpc) is 2.72. The van der Waals surface area contributed by atoms with E-state index in [0.717, 1.165) is 16.7 Å². The third kappa shape index (κ3) is 4.85. The molecule has 0 spiro atoms. The number of aliphatic hydroxyl groups is 2. The lowest BCUT2D eigenvalue weighted by molar-refractivity contribution is -0.0329. The molecule has 0 aliphatic rings. The Balaban J connectivity index is 1.88. The Kier molecular flexibility index (Phi) is 6.06. The maximum absolute atomic E-state index is 12.7. The van der Waals surface area contributed by atoms with Crippen LogP contribution in [-0.2, 0) is 0 Å². The van der Waals surface area contributed by atoms with E-state index in [-0.39, 0.29) is 12.2 Å². The summed E-state index contributed by atoms with van der Waals surface area (Å²) in [6.45, 7) is 2.98. The van der Waals surface area contributed by atoms with Crippen molar-refractivity contribution < 1.29 is 19.7 Å². The number of nitrogens with zero attached hydrogens (tertiary/aromatic N) is 1. The minimum Gasteiger partial charge on any atom is -0.493 e. The van der Waals surface area contributed by atoms with Crippen LogP contribution in [0.25, 0.3) is 16.8 Å². The summed E-state index contributed by atoms with van der Waals surface area (Å²) >= 11 is 0. The molecule has 1 aromatic heterocycles. The first kappa shape index (κ1) is 20.6. The van der Waals surface area contributed by atoms with Gasteiger partial charge < -0.3 is 19.7 Å². The Morgan fingerprint density at radius 3 is 2.34 bits per heavy atom. The summed E-state index contributed by atoms with van der Waals surface area (Å²) < 4.78 is 12.5. The molecule has 152 valence electrons. The molecular formula is C23H25NO5. The van der Waals surface area contributed by atoms with Crippen LogP contribution >= 0.6 is 0 Å². The van der Waals surface area contributed by atoms with Gasteiger partial charge >= 0.3 is 0 Å².